The maximum atomic E-state index is 13.0. The van der Waals surface area contributed by atoms with Gasteiger partial charge in [0.1, 0.15) is 5.82 Å². The van der Waals surface area contributed by atoms with Crippen molar-refractivity contribution in [2.45, 2.75) is 6.54 Å². The topological polar surface area (TPSA) is 22.0 Å². The summed E-state index contributed by atoms with van der Waals surface area (Å²) in [7, 11) is 0. The van der Waals surface area contributed by atoms with Gasteiger partial charge in [-0.05, 0) is 46.4 Å². The average molecular weight is 364 g/mol. The Labute approximate surface area is 116 Å². The highest BCUT2D eigenvalue weighted by Crippen LogP contribution is 2.16. The first-order valence-electron chi connectivity index (χ1n) is 4.86. The standard InChI is InChI=1S/C12H8ClFINO/c13-10-5-8(1-3-11(10)14)6-16-7-9(15)2-4-12(16)17/h1-5,7H,6H2. The molecular formula is C12H8ClFINO. The summed E-state index contributed by atoms with van der Waals surface area (Å²) in [4.78, 5) is 11.6. The SMILES string of the molecule is O=c1ccc(I)cn1Cc1ccc(F)c(Cl)c1. The van der Waals surface area contributed by atoms with E-state index < -0.39 is 5.82 Å². The van der Waals surface area contributed by atoms with Crippen molar-refractivity contribution >= 4 is 34.2 Å². The maximum Gasteiger partial charge on any atom is 0.250 e. The fourth-order valence-corrected chi connectivity index (χ4v) is 2.18. The van der Waals surface area contributed by atoms with E-state index in [4.69, 9.17) is 11.6 Å². The van der Waals surface area contributed by atoms with Crippen LogP contribution in [0.1, 0.15) is 5.56 Å². The number of hydrogen-bond donors (Lipinski definition) is 0. The summed E-state index contributed by atoms with van der Waals surface area (Å²) in [6.45, 7) is 0.385. The van der Waals surface area contributed by atoms with Crippen molar-refractivity contribution in [3.8, 4) is 0 Å². The highest BCUT2D eigenvalue weighted by atomic mass is 127. The Bertz CT molecular complexity index is 612. The third-order valence-electron chi connectivity index (χ3n) is 2.28. The summed E-state index contributed by atoms with van der Waals surface area (Å²) in [6.07, 6.45) is 1.75. The number of aromatic nitrogens is 1. The number of benzene rings is 1. The zero-order valence-electron chi connectivity index (χ0n) is 8.66. The van der Waals surface area contributed by atoms with E-state index >= 15 is 0 Å². The second kappa shape index (κ2) is 5.18. The van der Waals surface area contributed by atoms with Crippen LogP contribution in [0.2, 0.25) is 5.02 Å². The molecule has 0 spiro atoms. The van der Waals surface area contributed by atoms with Crippen molar-refractivity contribution in [1.82, 2.24) is 4.57 Å². The number of hydrogen-bond acceptors (Lipinski definition) is 1. The molecule has 1 aromatic carbocycles. The number of rotatable bonds is 2. The summed E-state index contributed by atoms with van der Waals surface area (Å²) in [5.41, 5.74) is 0.700. The van der Waals surface area contributed by atoms with Crippen LogP contribution in [0.3, 0.4) is 0 Å². The van der Waals surface area contributed by atoms with E-state index in [0.717, 1.165) is 9.13 Å². The van der Waals surface area contributed by atoms with Gasteiger partial charge in [0.05, 0.1) is 11.6 Å². The molecule has 2 nitrogen and oxygen atoms in total. The van der Waals surface area contributed by atoms with Gasteiger partial charge in [0.15, 0.2) is 0 Å². The first-order chi connectivity index (χ1) is 8.06. The smallest absolute Gasteiger partial charge is 0.250 e. The molecule has 0 unspecified atom stereocenters. The van der Waals surface area contributed by atoms with Crippen LogP contribution < -0.4 is 5.56 Å². The van der Waals surface area contributed by atoms with E-state index in [1.54, 1.807) is 22.9 Å². The molecule has 5 heteroatoms. The number of halogens is 3. The lowest BCUT2D eigenvalue weighted by Crippen LogP contribution is -2.19. The third-order valence-corrected chi connectivity index (χ3v) is 3.21. The lowest BCUT2D eigenvalue weighted by Gasteiger charge is -2.06. The molecular weight excluding hydrogens is 355 g/mol. The fourth-order valence-electron chi connectivity index (χ4n) is 1.46. The van der Waals surface area contributed by atoms with E-state index in [-0.39, 0.29) is 10.6 Å². The van der Waals surface area contributed by atoms with Crippen molar-refractivity contribution in [2.75, 3.05) is 0 Å². The van der Waals surface area contributed by atoms with Crippen molar-refractivity contribution in [3.63, 3.8) is 0 Å². The molecule has 0 aliphatic carbocycles. The van der Waals surface area contributed by atoms with Gasteiger partial charge in [0, 0.05) is 15.8 Å². The molecule has 2 rings (SSSR count). The van der Waals surface area contributed by atoms with Crippen molar-refractivity contribution < 1.29 is 4.39 Å². The van der Waals surface area contributed by atoms with Crippen LogP contribution in [-0.2, 0) is 6.54 Å². The molecule has 1 heterocycles. The molecule has 0 aliphatic rings. The molecule has 88 valence electrons. The predicted octanol–water partition coefficient (Wildman–Crippen LogP) is 3.29. The highest BCUT2D eigenvalue weighted by molar-refractivity contribution is 14.1. The van der Waals surface area contributed by atoms with Gasteiger partial charge in [-0.1, -0.05) is 17.7 Å². The Morgan fingerprint density at radius 3 is 2.76 bits per heavy atom. The van der Waals surface area contributed by atoms with E-state index in [1.165, 1.54) is 18.2 Å². The Kier molecular flexibility index (Phi) is 3.83. The van der Waals surface area contributed by atoms with E-state index in [0.29, 0.717) is 6.54 Å². The minimum atomic E-state index is -0.453. The van der Waals surface area contributed by atoms with E-state index in [9.17, 15) is 9.18 Å². The van der Waals surface area contributed by atoms with Gasteiger partial charge >= 0.3 is 0 Å². The first-order valence-corrected chi connectivity index (χ1v) is 6.32. The van der Waals surface area contributed by atoms with Crippen LogP contribution in [-0.4, -0.2) is 4.57 Å². The van der Waals surface area contributed by atoms with Crippen LogP contribution in [0, 0.1) is 9.39 Å². The second-order valence-corrected chi connectivity index (χ2v) is 5.21. The molecule has 0 radical (unpaired) electrons. The van der Waals surface area contributed by atoms with Crippen LogP contribution in [0.4, 0.5) is 4.39 Å². The Balaban J connectivity index is 2.34. The van der Waals surface area contributed by atoms with Gasteiger partial charge < -0.3 is 4.57 Å². The Hall–Kier alpha value is -0.880. The minimum absolute atomic E-state index is 0.0705. The summed E-state index contributed by atoms with van der Waals surface area (Å²) in [5.74, 6) is -0.453. The van der Waals surface area contributed by atoms with E-state index in [2.05, 4.69) is 22.6 Å². The molecule has 0 bridgehead atoms. The van der Waals surface area contributed by atoms with Gasteiger partial charge in [-0.2, -0.15) is 0 Å². The Morgan fingerprint density at radius 1 is 1.29 bits per heavy atom. The molecule has 0 N–H and O–H groups in total. The van der Waals surface area contributed by atoms with Gasteiger partial charge in [-0.25, -0.2) is 4.39 Å². The second-order valence-electron chi connectivity index (χ2n) is 3.56. The predicted molar refractivity (Wildman–Crippen MR) is 73.9 cm³/mol. The number of nitrogens with zero attached hydrogens (tertiary/aromatic N) is 1. The summed E-state index contributed by atoms with van der Waals surface area (Å²) >= 11 is 7.82. The quantitative estimate of drug-likeness (QED) is 0.751. The van der Waals surface area contributed by atoms with Gasteiger partial charge in [-0.3, -0.25) is 4.79 Å². The molecule has 1 aromatic heterocycles. The molecule has 0 aliphatic heterocycles. The van der Waals surface area contributed by atoms with Gasteiger partial charge in [-0.15, -0.1) is 0 Å². The van der Waals surface area contributed by atoms with Crippen LogP contribution in [0.25, 0.3) is 0 Å². The Morgan fingerprint density at radius 2 is 2.06 bits per heavy atom. The molecule has 17 heavy (non-hydrogen) atoms. The zero-order valence-corrected chi connectivity index (χ0v) is 11.6. The monoisotopic (exact) mass is 363 g/mol. The molecule has 0 fully saturated rings. The summed E-state index contributed by atoms with van der Waals surface area (Å²) < 4.78 is 15.5. The maximum absolute atomic E-state index is 13.0. The third kappa shape index (κ3) is 3.07. The average Bonchev–Trinajstić information content (AvgIpc) is 2.29. The fraction of sp³-hybridized carbons (Fsp3) is 0.0833. The number of pyridine rings is 1. The lowest BCUT2D eigenvalue weighted by molar-refractivity contribution is 0.626. The first kappa shape index (κ1) is 12.6. The van der Waals surface area contributed by atoms with Crippen LogP contribution in [0.5, 0.6) is 0 Å². The molecule has 0 saturated heterocycles. The van der Waals surface area contributed by atoms with Crippen molar-refractivity contribution in [3.05, 3.63) is 66.9 Å². The zero-order chi connectivity index (χ0) is 12.4. The van der Waals surface area contributed by atoms with Gasteiger partial charge in [0.2, 0.25) is 0 Å². The molecule has 0 atom stereocenters. The summed E-state index contributed by atoms with van der Waals surface area (Å²) in [5, 5.41) is 0.0705. The normalized spacial score (nSPS) is 10.5. The molecule has 0 saturated carbocycles. The van der Waals surface area contributed by atoms with Crippen molar-refractivity contribution in [1.29, 1.82) is 0 Å². The van der Waals surface area contributed by atoms with Crippen molar-refractivity contribution in [2.24, 2.45) is 0 Å². The van der Waals surface area contributed by atoms with Crippen LogP contribution in [0.15, 0.2) is 41.3 Å². The largest absolute Gasteiger partial charge is 0.310 e. The lowest BCUT2D eigenvalue weighted by atomic mass is 10.2. The van der Waals surface area contributed by atoms with E-state index in [1.807, 2.05) is 0 Å². The van der Waals surface area contributed by atoms with Crippen LogP contribution >= 0.6 is 34.2 Å². The van der Waals surface area contributed by atoms with Gasteiger partial charge in [0.25, 0.3) is 5.56 Å². The molecule has 0 amide bonds. The molecule has 2 aromatic rings. The summed E-state index contributed by atoms with van der Waals surface area (Å²) in [6, 6.07) is 7.71. The minimum Gasteiger partial charge on any atom is -0.310 e. The highest BCUT2D eigenvalue weighted by Gasteiger charge is 2.03.